The number of anilines is 1. The van der Waals surface area contributed by atoms with Crippen molar-refractivity contribution in [2.75, 3.05) is 37.6 Å². The van der Waals surface area contributed by atoms with Gasteiger partial charge in [-0.25, -0.2) is 0 Å². The molecule has 2 aromatic carbocycles. The van der Waals surface area contributed by atoms with Gasteiger partial charge >= 0.3 is 0 Å². The molecule has 35 heavy (non-hydrogen) atoms. The Labute approximate surface area is 211 Å². The van der Waals surface area contributed by atoms with E-state index in [-0.39, 0.29) is 5.92 Å². The van der Waals surface area contributed by atoms with Gasteiger partial charge in [0, 0.05) is 56.4 Å². The van der Waals surface area contributed by atoms with E-state index in [4.69, 9.17) is 0 Å². The van der Waals surface area contributed by atoms with Crippen molar-refractivity contribution in [2.24, 2.45) is 5.92 Å². The SMILES string of the molecule is O=C(C1CCCCC1)N1c2ccccc2CCC1CN1CCN(C2CCCc3ccccc32)CC1. The molecule has 2 aliphatic carbocycles. The first-order valence-corrected chi connectivity index (χ1v) is 14.2. The second-order valence-electron chi connectivity index (χ2n) is 11.3. The molecule has 0 N–H and O–H groups in total. The van der Waals surface area contributed by atoms with Crippen molar-refractivity contribution in [1.82, 2.24) is 9.80 Å². The Morgan fingerprint density at radius 1 is 0.743 bits per heavy atom. The van der Waals surface area contributed by atoms with Crippen LogP contribution in [0.1, 0.15) is 74.1 Å². The Bertz CT molecular complexity index is 1020. The molecule has 4 aliphatic rings. The molecule has 2 atom stereocenters. The van der Waals surface area contributed by atoms with E-state index in [2.05, 4.69) is 63.2 Å². The third-order valence-electron chi connectivity index (χ3n) is 9.21. The number of fused-ring (bicyclic) bond motifs is 2. The number of hydrogen-bond acceptors (Lipinski definition) is 3. The Hall–Kier alpha value is -2.17. The quantitative estimate of drug-likeness (QED) is 0.580. The fourth-order valence-electron chi connectivity index (χ4n) is 7.29. The second kappa shape index (κ2) is 10.4. The molecular weight excluding hydrogens is 430 g/mol. The van der Waals surface area contributed by atoms with Gasteiger partial charge in [0.05, 0.1) is 0 Å². The summed E-state index contributed by atoms with van der Waals surface area (Å²) >= 11 is 0. The fraction of sp³-hybridized carbons (Fsp3) is 0.581. The monoisotopic (exact) mass is 471 g/mol. The molecule has 1 saturated carbocycles. The van der Waals surface area contributed by atoms with Gasteiger partial charge in [-0.05, 0) is 67.7 Å². The summed E-state index contributed by atoms with van der Waals surface area (Å²) in [5, 5.41) is 0. The van der Waals surface area contributed by atoms with Crippen LogP contribution in [0.3, 0.4) is 0 Å². The summed E-state index contributed by atoms with van der Waals surface area (Å²) in [6.07, 6.45) is 11.9. The van der Waals surface area contributed by atoms with Crippen LogP contribution in [0.4, 0.5) is 5.69 Å². The maximum atomic E-state index is 13.8. The van der Waals surface area contributed by atoms with Gasteiger partial charge in [0.25, 0.3) is 0 Å². The van der Waals surface area contributed by atoms with Gasteiger partial charge in [-0.1, -0.05) is 61.7 Å². The van der Waals surface area contributed by atoms with Gasteiger partial charge in [-0.15, -0.1) is 0 Å². The summed E-state index contributed by atoms with van der Waals surface area (Å²) in [6, 6.07) is 18.7. The zero-order valence-electron chi connectivity index (χ0n) is 21.2. The third kappa shape index (κ3) is 4.80. The molecule has 2 unspecified atom stereocenters. The van der Waals surface area contributed by atoms with Gasteiger partial charge in [0.2, 0.25) is 5.91 Å². The van der Waals surface area contributed by atoms with E-state index in [1.54, 1.807) is 11.1 Å². The first-order valence-electron chi connectivity index (χ1n) is 14.2. The Kier molecular flexibility index (Phi) is 6.93. The average molecular weight is 472 g/mol. The molecule has 0 spiro atoms. The predicted molar refractivity (Wildman–Crippen MR) is 143 cm³/mol. The van der Waals surface area contributed by atoms with Crippen LogP contribution in [-0.4, -0.2) is 54.5 Å². The minimum absolute atomic E-state index is 0.223. The number of benzene rings is 2. The number of nitrogens with zero attached hydrogens (tertiary/aromatic N) is 3. The Morgan fingerprint density at radius 2 is 1.49 bits per heavy atom. The van der Waals surface area contributed by atoms with E-state index < -0.39 is 0 Å². The number of aryl methyl sites for hydroxylation is 2. The van der Waals surface area contributed by atoms with Gasteiger partial charge in [-0.2, -0.15) is 0 Å². The molecule has 0 bridgehead atoms. The molecule has 6 rings (SSSR count). The van der Waals surface area contributed by atoms with Gasteiger partial charge in [0.15, 0.2) is 0 Å². The summed E-state index contributed by atoms with van der Waals surface area (Å²) in [5.74, 6) is 0.625. The van der Waals surface area contributed by atoms with Gasteiger partial charge < -0.3 is 4.90 Å². The molecule has 1 saturated heterocycles. The minimum atomic E-state index is 0.223. The normalized spacial score (nSPS) is 26.2. The molecule has 2 aromatic rings. The first kappa shape index (κ1) is 23.2. The summed E-state index contributed by atoms with van der Waals surface area (Å²) in [7, 11) is 0. The number of carbonyl (C=O) groups excluding carboxylic acids is 1. The number of rotatable bonds is 4. The first-order chi connectivity index (χ1) is 17.3. The van der Waals surface area contributed by atoms with Crippen molar-refractivity contribution >= 4 is 11.6 Å². The zero-order chi connectivity index (χ0) is 23.6. The van der Waals surface area contributed by atoms with Crippen molar-refractivity contribution in [3.63, 3.8) is 0 Å². The maximum Gasteiger partial charge on any atom is 0.230 e. The van der Waals surface area contributed by atoms with Crippen LogP contribution in [0, 0.1) is 5.92 Å². The van der Waals surface area contributed by atoms with E-state index in [9.17, 15) is 4.79 Å². The second-order valence-corrected chi connectivity index (χ2v) is 11.3. The highest BCUT2D eigenvalue weighted by molar-refractivity contribution is 5.97. The number of carbonyl (C=O) groups is 1. The molecule has 1 amide bonds. The van der Waals surface area contributed by atoms with E-state index in [1.807, 2.05) is 0 Å². The molecule has 4 heteroatoms. The van der Waals surface area contributed by atoms with Crippen molar-refractivity contribution in [1.29, 1.82) is 0 Å². The number of para-hydroxylation sites is 1. The van der Waals surface area contributed by atoms with E-state index in [0.717, 1.165) is 58.4 Å². The summed E-state index contributed by atoms with van der Waals surface area (Å²) in [5.41, 5.74) is 5.68. The number of hydrogen-bond donors (Lipinski definition) is 0. The van der Waals surface area contributed by atoms with Crippen LogP contribution in [0.2, 0.25) is 0 Å². The largest absolute Gasteiger partial charge is 0.308 e. The van der Waals surface area contributed by atoms with Crippen molar-refractivity contribution in [3.05, 3.63) is 65.2 Å². The van der Waals surface area contributed by atoms with Crippen LogP contribution in [-0.2, 0) is 17.6 Å². The molecule has 186 valence electrons. The Morgan fingerprint density at radius 3 is 2.31 bits per heavy atom. The lowest BCUT2D eigenvalue weighted by molar-refractivity contribution is -0.124. The lowest BCUT2D eigenvalue weighted by atomic mass is 9.86. The van der Waals surface area contributed by atoms with Crippen LogP contribution < -0.4 is 4.90 Å². The van der Waals surface area contributed by atoms with E-state index in [1.165, 1.54) is 49.8 Å². The minimum Gasteiger partial charge on any atom is -0.308 e. The molecule has 2 aliphatic heterocycles. The van der Waals surface area contributed by atoms with Crippen LogP contribution in [0.25, 0.3) is 0 Å². The van der Waals surface area contributed by atoms with Crippen LogP contribution in [0.5, 0.6) is 0 Å². The topological polar surface area (TPSA) is 26.8 Å². The molecule has 2 heterocycles. The summed E-state index contributed by atoms with van der Waals surface area (Å²) in [6.45, 7) is 5.52. The lowest BCUT2D eigenvalue weighted by Gasteiger charge is -2.45. The summed E-state index contributed by atoms with van der Waals surface area (Å²) < 4.78 is 0. The number of amides is 1. The highest BCUT2D eigenvalue weighted by atomic mass is 16.2. The van der Waals surface area contributed by atoms with Gasteiger partial charge in [-0.3, -0.25) is 14.6 Å². The fourth-order valence-corrected chi connectivity index (χ4v) is 7.29. The molecular formula is C31H41N3O. The highest BCUT2D eigenvalue weighted by Crippen LogP contribution is 2.37. The van der Waals surface area contributed by atoms with Crippen molar-refractivity contribution < 1.29 is 4.79 Å². The van der Waals surface area contributed by atoms with Crippen LogP contribution >= 0.6 is 0 Å². The Balaban J connectivity index is 1.14. The smallest absolute Gasteiger partial charge is 0.230 e. The standard InChI is InChI=1S/C31H41N3O/c35-31(26-11-2-1-3-12-26)34-27(18-17-25-10-5-7-15-29(25)34)23-32-19-21-33(22-20-32)30-16-8-13-24-9-4-6-14-28(24)30/h4-7,9-10,14-15,26-27,30H,1-3,8,11-13,16-23H2. The molecule has 4 nitrogen and oxygen atoms in total. The van der Waals surface area contributed by atoms with Crippen molar-refractivity contribution in [2.45, 2.75) is 76.3 Å². The van der Waals surface area contributed by atoms with E-state index >= 15 is 0 Å². The highest BCUT2D eigenvalue weighted by Gasteiger charge is 2.37. The third-order valence-corrected chi connectivity index (χ3v) is 9.21. The molecule has 0 aromatic heterocycles. The molecule has 2 fully saturated rings. The average Bonchev–Trinajstić information content (AvgIpc) is 2.93. The van der Waals surface area contributed by atoms with E-state index in [0.29, 0.717) is 18.0 Å². The van der Waals surface area contributed by atoms with Crippen molar-refractivity contribution in [3.8, 4) is 0 Å². The summed E-state index contributed by atoms with van der Waals surface area (Å²) in [4.78, 5) is 21.5. The van der Waals surface area contributed by atoms with Crippen LogP contribution in [0.15, 0.2) is 48.5 Å². The number of piperazine rings is 1. The zero-order valence-corrected chi connectivity index (χ0v) is 21.2. The lowest BCUT2D eigenvalue weighted by Crippen LogP contribution is -2.55. The van der Waals surface area contributed by atoms with Gasteiger partial charge in [0.1, 0.15) is 0 Å². The molecule has 0 radical (unpaired) electrons. The maximum absolute atomic E-state index is 13.8. The predicted octanol–water partition coefficient (Wildman–Crippen LogP) is 5.61.